The zero-order valence-corrected chi connectivity index (χ0v) is 17.9. The standard InChI is InChI=1S/C27H27NO2/c1-4-28-23-11-6-5-10-22(23)27(2,3)25(28)15-13-18-8-7-9-20-16-19-12-14-21(29)17-24(19)30-26(18)20/h5-6,10-17H,4,7-9H2,1-3H3/b18-13-,25-15-. The molecule has 0 N–H and O–H groups in total. The van der Waals surface area contributed by atoms with Gasteiger partial charge >= 0.3 is 0 Å². The second kappa shape index (κ2) is 7.02. The van der Waals surface area contributed by atoms with Gasteiger partial charge in [0.15, 0.2) is 5.43 Å². The minimum atomic E-state index is -0.0425. The van der Waals surface area contributed by atoms with Crippen molar-refractivity contribution in [3.8, 4) is 11.3 Å². The van der Waals surface area contributed by atoms with E-state index in [4.69, 9.17) is 4.42 Å². The van der Waals surface area contributed by atoms with Gasteiger partial charge in [-0.2, -0.15) is 0 Å². The average Bonchev–Trinajstić information content (AvgIpc) is 2.97. The summed E-state index contributed by atoms with van der Waals surface area (Å²) >= 11 is 0. The Balaban J connectivity index is 1.61. The minimum Gasteiger partial charge on any atom is -0.456 e. The Bertz CT molecular complexity index is 1210. The summed E-state index contributed by atoms with van der Waals surface area (Å²) in [6.45, 7) is 7.74. The quantitative estimate of drug-likeness (QED) is 0.519. The van der Waals surface area contributed by atoms with Crippen molar-refractivity contribution >= 4 is 11.3 Å². The summed E-state index contributed by atoms with van der Waals surface area (Å²) in [5, 5.41) is 0. The molecule has 4 aliphatic rings. The molecule has 1 aromatic carbocycles. The molecule has 152 valence electrons. The van der Waals surface area contributed by atoms with E-state index in [1.807, 2.05) is 6.07 Å². The molecule has 0 saturated heterocycles. The first-order valence-corrected chi connectivity index (χ1v) is 10.8. The zero-order valence-electron chi connectivity index (χ0n) is 17.9. The topological polar surface area (TPSA) is 33.5 Å². The van der Waals surface area contributed by atoms with Crippen molar-refractivity contribution in [3.05, 3.63) is 93.5 Å². The van der Waals surface area contributed by atoms with Crippen molar-refractivity contribution in [2.45, 2.75) is 45.4 Å². The molecule has 0 spiro atoms. The van der Waals surface area contributed by atoms with Crippen molar-refractivity contribution in [2.24, 2.45) is 0 Å². The van der Waals surface area contributed by atoms with E-state index < -0.39 is 0 Å². The number of likely N-dealkylation sites (N-methyl/N-ethyl adjacent to an activating group) is 1. The molecule has 5 rings (SSSR count). The van der Waals surface area contributed by atoms with E-state index in [-0.39, 0.29) is 10.8 Å². The lowest BCUT2D eigenvalue weighted by Crippen LogP contribution is -2.25. The van der Waals surface area contributed by atoms with E-state index in [2.05, 4.69) is 68.2 Å². The number of nitrogens with zero attached hydrogens (tertiary/aromatic N) is 1. The van der Waals surface area contributed by atoms with Crippen LogP contribution in [0.25, 0.3) is 16.9 Å². The molecule has 0 atom stereocenters. The van der Waals surface area contributed by atoms with Gasteiger partial charge in [0.25, 0.3) is 0 Å². The highest BCUT2D eigenvalue weighted by molar-refractivity contribution is 5.74. The zero-order chi connectivity index (χ0) is 20.9. The fourth-order valence-electron chi connectivity index (χ4n) is 5.01. The first kappa shape index (κ1) is 18.9. The Hall–Kier alpha value is -3.07. The van der Waals surface area contributed by atoms with Gasteiger partial charge in [-0.1, -0.05) is 38.1 Å². The number of hydrogen-bond donors (Lipinski definition) is 0. The van der Waals surface area contributed by atoms with Gasteiger partial charge in [-0.05, 0) is 73.2 Å². The fraction of sp³-hybridized carbons (Fsp3) is 0.296. The first-order chi connectivity index (χ1) is 14.5. The molecule has 2 aliphatic heterocycles. The Kier molecular flexibility index (Phi) is 4.43. The molecular weight excluding hydrogens is 370 g/mol. The van der Waals surface area contributed by atoms with E-state index in [1.54, 1.807) is 12.1 Å². The van der Waals surface area contributed by atoms with Crippen LogP contribution in [0.1, 0.15) is 50.5 Å². The lowest BCUT2D eigenvalue weighted by molar-refractivity contribution is 0.526. The Morgan fingerprint density at radius 3 is 2.73 bits per heavy atom. The minimum absolute atomic E-state index is 0.0151. The molecule has 1 aromatic rings. The fourth-order valence-corrected chi connectivity index (χ4v) is 5.01. The predicted molar refractivity (Wildman–Crippen MR) is 123 cm³/mol. The summed E-state index contributed by atoms with van der Waals surface area (Å²) in [7, 11) is 0. The largest absolute Gasteiger partial charge is 0.456 e. The molecule has 2 heterocycles. The van der Waals surface area contributed by atoms with Gasteiger partial charge in [0, 0.05) is 35.0 Å². The van der Waals surface area contributed by atoms with Gasteiger partial charge in [-0.3, -0.25) is 4.79 Å². The number of allylic oxidation sites excluding steroid dienone is 4. The lowest BCUT2D eigenvalue weighted by Gasteiger charge is -2.26. The third-order valence-electron chi connectivity index (χ3n) is 6.56. The average molecular weight is 398 g/mol. The first-order valence-electron chi connectivity index (χ1n) is 10.8. The number of para-hydroxylation sites is 1. The van der Waals surface area contributed by atoms with Crippen molar-refractivity contribution in [3.63, 3.8) is 0 Å². The number of fused-ring (bicyclic) bond motifs is 3. The summed E-state index contributed by atoms with van der Waals surface area (Å²) in [6.07, 6.45) is 7.63. The summed E-state index contributed by atoms with van der Waals surface area (Å²) in [6, 6.07) is 15.9. The number of benzene rings is 2. The highest BCUT2D eigenvalue weighted by Crippen LogP contribution is 2.47. The molecule has 0 unspecified atom stereocenters. The maximum absolute atomic E-state index is 11.8. The van der Waals surface area contributed by atoms with Crippen LogP contribution in [0, 0.1) is 0 Å². The van der Waals surface area contributed by atoms with E-state index in [0.29, 0.717) is 5.76 Å². The van der Waals surface area contributed by atoms with Crippen LogP contribution in [0.2, 0.25) is 0 Å². The molecule has 0 fully saturated rings. The highest BCUT2D eigenvalue weighted by atomic mass is 16.3. The van der Waals surface area contributed by atoms with Crippen LogP contribution >= 0.6 is 0 Å². The molecule has 3 heteroatoms. The van der Waals surface area contributed by atoms with Crippen LogP contribution in [0.3, 0.4) is 0 Å². The number of rotatable bonds is 2. The van der Waals surface area contributed by atoms with Gasteiger partial charge < -0.3 is 9.32 Å². The van der Waals surface area contributed by atoms with Crippen LogP contribution < -0.4 is 10.3 Å². The molecule has 0 amide bonds. The summed E-state index contributed by atoms with van der Waals surface area (Å²) in [5.41, 5.74) is 7.38. The second-order valence-corrected chi connectivity index (χ2v) is 8.78. The molecule has 0 bridgehead atoms. The van der Waals surface area contributed by atoms with Crippen molar-refractivity contribution in [1.82, 2.24) is 0 Å². The SMILES string of the molecule is CCN1/C(=C\C=C2\CCCc3cc4ccc(=O)cc-4oc32)C(C)(C)c2ccccc21. The van der Waals surface area contributed by atoms with E-state index in [9.17, 15) is 4.79 Å². The molecule has 0 aromatic heterocycles. The third-order valence-corrected chi connectivity index (χ3v) is 6.56. The molecule has 0 radical (unpaired) electrons. The van der Waals surface area contributed by atoms with Crippen molar-refractivity contribution in [2.75, 3.05) is 11.4 Å². The highest BCUT2D eigenvalue weighted by Gasteiger charge is 2.38. The van der Waals surface area contributed by atoms with E-state index in [1.165, 1.54) is 28.1 Å². The smallest absolute Gasteiger partial charge is 0.182 e. The summed E-state index contributed by atoms with van der Waals surface area (Å²) in [4.78, 5) is 14.2. The third kappa shape index (κ3) is 2.92. The van der Waals surface area contributed by atoms with Gasteiger partial charge in [0.1, 0.15) is 11.5 Å². The second-order valence-electron chi connectivity index (χ2n) is 8.78. The van der Waals surface area contributed by atoms with Gasteiger partial charge in [0.2, 0.25) is 0 Å². The molecule has 2 aliphatic carbocycles. The Morgan fingerprint density at radius 2 is 1.90 bits per heavy atom. The van der Waals surface area contributed by atoms with Crippen LogP contribution in [0.4, 0.5) is 5.69 Å². The van der Waals surface area contributed by atoms with Gasteiger partial charge in [0.05, 0.1) is 0 Å². The van der Waals surface area contributed by atoms with Crippen LogP contribution in [0.15, 0.2) is 75.6 Å². The van der Waals surface area contributed by atoms with Gasteiger partial charge in [-0.25, -0.2) is 0 Å². The van der Waals surface area contributed by atoms with E-state index in [0.717, 1.165) is 37.1 Å². The molecule has 0 saturated carbocycles. The number of anilines is 1. The van der Waals surface area contributed by atoms with E-state index >= 15 is 0 Å². The maximum Gasteiger partial charge on any atom is 0.182 e. The molecular formula is C27H27NO2. The molecule has 30 heavy (non-hydrogen) atoms. The number of aryl methyl sites for hydroxylation is 1. The van der Waals surface area contributed by atoms with Crippen LogP contribution in [0.5, 0.6) is 0 Å². The van der Waals surface area contributed by atoms with Crippen LogP contribution in [-0.2, 0) is 11.8 Å². The normalized spacial score (nSPS) is 20.0. The predicted octanol–water partition coefficient (Wildman–Crippen LogP) is 6.17. The Morgan fingerprint density at radius 1 is 1.07 bits per heavy atom. The monoisotopic (exact) mass is 397 g/mol. The number of hydrogen-bond acceptors (Lipinski definition) is 3. The Labute approximate surface area is 177 Å². The maximum atomic E-state index is 11.8. The van der Waals surface area contributed by atoms with Gasteiger partial charge in [-0.15, -0.1) is 0 Å². The lowest BCUT2D eigenvalue weighted by atomic mass is 9.83. The van der Waals surface area contributed by atoms with Crippen molar-refractivity contribution in [1.29, 1.82) is 0 Å². The summed E-state index contributed by atoms with van der Waals surface area (Å²) in [5.74, 6) is 1.61. The van der Waals surface area contributed by atoms with Crippen molar-refractivity contribution < 1.29 is 4.42 Å². The van der Waals surface area contributed by atoms with Crippen LogP contribution in [-0.4, -0.2) is 6.54 Å². The summed E-state index contributed by atoms with van der Waals surface area (Å²) < 4.78 is 6.25. The molecule has 3 nitrogen and oxygen atoms in total.